The third-order valence-electron chi connectivity index (χ3n) is 4.69. The van der Waals surface area contributed by atoms with Crippen LogP contribution in [0.1, 0.15) is 4.88 Å². The summed E-state index contributed by atoms with van der Waals surface area (Å²) in [7, 11) is 1.79. The van der Waals surface area contributed by atoms with Gasteiger partial charge in [-0.1, -0.05) is 54.2 Å². The van der Waals surface area contributed by atoms with Gasteiger partial charge in [0.15, 0.2) is 5.16 Å². The van der Waals surface area contributed by atoms with Gasteiger partial charge in [-0.15, -0.1) is 29.3 Å². The number of amides is 1. The number of carbonyl (C=O) groups is 1. The van der Waals surface area contributed by atoms with E-state index in [1.807, 2.05) is 53.9 Å². The van der Waals surface area contributed by atoms with Crippen LogP contribution < -0.4 is 5.56 Å². The number of carbonyl (C=O) groups excluding carboxylic acids is 1. The molecule has 0 radical (unpaired) electrons. The molecule has 0 N–H and O–H groups in total. The molecule has 31 heavy (non-hydrogen) atoms. The summed E-state index contributed by atoms with van der Waals surface area (Å²) in [6.07, 6.45) is 1.68. The molecule has 4 rings (SSSR count). The van der Waals surface area contributed by atoms with Crippen LogP contribution in [0.4, 0.5) is 0 Å². The predicted molar refractivity (Wildman–Crippen MR) is 131 cm³/mol. The molecule has 0 atom stereocenters. The largest absolute Gasteiger partial charge is 0.340 e. The fourth-order valence-electron chi connectivity index (χ4n) is 3.10. The molecular formula is C23H21N3O2S3. The van der Waals surface area contributed by atoms with Crippen molar-refractivity contribution < 1.29 is 4.79 Å². The van der Waals surface area contributed by atoms with Gasteiger partial charge in [-0.05, 0) is 23.1 Å². The SMILES string of the molecule is C=CCn1c(SCC(=O)N(C)Cc2cccs2)nc2cc(-c3ccccc3)sc2c1=O. The molecule has 3 aromatic heterocycles. The molecule has 0 bridgehead atoms. The maximum absolute atomic E-state index is 13.2. The Labute approximate surface area is 192 Å². The van der Waals surface area contributed by atoms with Crippen molar-refractivity contribution >= 4 is 50.6 Å². The average Bonchev–Trinajstić information content (AvgIpc) is 3.45. The second kappa shape index (κ2) is 9.64. The highest BCUT2D eigenvalue weighted by Gasteiger charge is 2.17. The Morgan fingerprint density at radius 3 is 2.77 bits per heavy atom. The van der Waals surface area contributed by atoms with Gasteiger partial charge in [0.25, 0.3) is 5.56 Å². The molecule has 0 spiro atoms. The fourth-order valence-corrected chi connectivity index (χ4v) is 5.85. The van der Waals surface area contributed by atoms with Crippen molar-refractivity contribution in [1.29, 1.82) is 0 Å². The van der Waals surface area contributed by atoms with Crippen LogP contribution in [0.5, 0.6) is 0 Å². The summed E-state index contributed by atoms with van der Waals surface area (Å²) in [6.45, 7) is 4.70. The molecule has 0 aliphatic carbocycles. The molecule has 3 heterocycles. The number of allylic oxidation sites excluding steroid dienone is 1. The summed E-state index contributed by atoms with van der Waals surface area (Å²) >= 11 is 4.36. The lowest BCUT2D eigenvalue weighted by molar-refractivity contribution is -0.127. The van der Waals surface area contributed by atoms with Crippen LogP contribution >= 0.6 is 34.4 Å². The number of fused-ring (bicyclic) bond motifs is 1. The van der Waals surface area contributed by atoms with Crippen LogP contribution in [0.3, 0.4) is 0 Å². The maximum Gasteiger partial charge on any atom is 0.272 e. The molecular weight excluding hydrogens is 446 g/mol. The van der Waals surface area contributed by atoms with E-state index in [4.69, 9.17) is 4.98 Å². The Balaban J connectivity index is 1.60. The number of thioether (sulfide) groups is 1. The first kappa shape index (κ1) is 21.5. The van der Waals surface area contributed by atoms with Gasteiger partial charge in [0, 0.05) is 23.3 Å². The van der Waals surface area contributed by atoms with Crippen LogP contribution in [0.15, 0.2) is 76.5 Å². The molecule has 8 heteroatoms. The van der Waals surface area contributed by atoms with Crippen molar-refractivity contribution in [3.63, 3.8) is 0 Å². The van der Waals surface area contributed by atoms with Gasteiger partial charge in [-0.25, -0.2) is 4.98 Å². The van der Waals surface area contributed by atoms with Crippen LogP contribution in [0.25, 0.3) is 20.7 Å². The zero-order chi connectivity index (χ0) is 21.8. The summed E-state index contributed by atoms with van der Waals surface area (Å²) in [5.41, 5.74) is 1.62. The van der Waals surface area contributed by atoms with Gasteiger partial charge in [0.05, 0.1) is 17.8 Å². The molecule has 0 unspecified atom stereocenters. The van der Waals surface area contributed by atoms with Gasteiger partial charge in [-0.3, -0.25) is 14.2 Å². The highest BCUT2D eigenvalue weighted by molar-refractivity contribution is 7.99. The minimum atomic E-state index is -0.0982. The first-order valence-corrected chi connectivity index (χ1v) is 12.3. The number of rotatable bonds is 8. The van der Waals surface area contributed by atoms with E-state index in [9.17, 15) is 9.59 Å². The van der Waals surface area contributed by atoms with E-state index in [0.29, 0.717) is 28.5 Å². The standard InChI is InChI=1S/C23H21N3O2S3/c1-3-11-26-22(28)21-18(13-19(31-21)16-8-5-4-6-9-16)24-23(26)30-15-20(27)25(2)14-17-10-7-12-29-17/h3-10,12-13H,1,11,14-15H2,2H3. The van der Waals surface area contributed by atoms with E-state index in [-0.39, 0.29) is 17.2 Å². The number of benzene rings is 1. The van der Waals surface area contributed by atoms with E-state index in [1.165, 1.54) is 23.1 Å². The molecule has 0 saturated carbocycles. The lowest BCUT2D eigenvalue weighted by Crippen LogP contribution is -2.28. The van der Waals surface area contributed by atoms with Crippen LogP contribution in [0.2, 0.25) is 0 Å². The Kier molecular flexibility index (Phi) is 6.70. The highest BCUT2D eigenvalue weighted by atomic mass is 32.2. The summed E-state index contributed by atoms with van der Waals surface area (Å²) in [5.74, 6) is 0.209. The zero-order valence-electron chi connectivity index (χ0n) is 17.0. The number of hydrogen-bond acceptors (Lipinski definition) is 6. The van der Waals surface area contributed by atoms with Gasteiger partial charge in [0.1, 0.15) is 4.70 Å². The minimum Gasteiger partial charge on any atom is -0.340 e. The lowest BCUT2D eigenvalue weighted by Gasteiger charge is -2.16. The molecule has 1 aromatic carbocycles. The molecule has 5 nitrogen and oxygen atoms in total. The molecule has 1 amide bonds. The summed E-state index contributed by atoms with van der Waals surface area (Å²) in [4.78, 5) is 34.3. The van der Waals surface area contributed by atoms with E-state index in [1.54, 1.807) is 33.9 Å². The molecule has 0 aliphatic heterocycles. The number of hydrogen-bond donors (Lipinski definition) is 0. The molecule has 158 valence electrons. The minimum absolute atomic E-state index is 0.00630. The Hall–Kier alpha value is -2.68. The van der Waals surface area contributed by atoms with Gasteiger partial charge < -0.3 is 4.90 Å². The highest BCUT2D eigenvalue weighted by Crippen LogP contribution is 2.32. The number of aromatic nitrogens is 2. The Morgan fingerprint density at radius 2 is 2.06 bits per heavy atom. The molecule has 0 aliphatic rings. The maximum atomic E-state index is 13.2. The van der Waals surface area contributed by atoms with Crippen LogP contribution in [-0.4, -0.2) is 33.2 Å². The van der Waals surface area contributed by atoms with E-state index >= 15 is 0 Å². The summed E-state index contributed by atoms with van der Waals surface area (Å²) < 4.78 is 2.21. The monoisotopic (exact) mass is 467 g/mol. The van der Waals surface area contributed by atoms with E-state index in [0.717, 1.165) is 15.3 Å². The normalized spacial score (nSPS) is 11.0. The number of thiophene rings is 2. The third-order valence-corrected chi connectivity index (χ3v) is 7.68. The molecule has 0 fully saturated rings. The Morgan fingerprint density at radius 1 is 1.26 bits per heavy atom. The third kappa shape index (κ3) is 4.81. The van der Waals surface area contributed by atoms with E-state index in [2.05, 4.69) is 6.58 Å². The smallest absolute Gasteiger partial charge is 0.272 e. The van der Waals surface area contributed by atoms with Crippen LogP contribution in [0, 0.1) is 0 Å². The first-order chi connectivity index (χ1) is 15.1. The van der Waals surface area contributed by atoms with Crippen molar-refractivity contribution in [1.82, 2.24) is 14.5 Å². The number of nitrogens with zero attached hydrogens (tertiary/aromatic N) is 3. The summed E-state index contributed by atoms with van der Waals surface area (Å²) in [6, 6.07) is 15.9. The van der Waals surface area contributed by atoms with Gasteiger partial charge in [0.2, 0.25) is 5.91 Å². The van der Waals surface area contributed by atoms with Crippen LogP contribution in [-0.2, 0) is 17.9 Å². The van der Waals surface area contributed by atoms with E-state index < -0.39 is 0 Å². The predicted octanol–water partition coefficient (Wildman–Crippen LogP) is 5.12. The summed E-state index contributed by atoms with van der Waals surface area (Å²) in [5, 5.41) is 2.53. The second-order valence-electron chi connectivity index (χ2n) is 6.91. The van der Waals surface area contributed by atoms with Crippen molar-refractivity contribution in [2.75, 3.05) is 12.8 Å². The second-order valence-corrected chi connectivity index (χ2v) is 9.93. The average molecular weight is 468 g/mol. The molecule has 0 saturated heterocycles. The van der Waals surface area contributed by atoms with Gasteiger partial charge in [-0.2, -0.15) is 0 Å². The Bertz CT molecular complexity index is 1260. The topological polar surface area (TPSA) is 55.2 Å². The van der Waals surface area contributed by atoms with Gasteiger partial charge >= 0.3 is 0 Å². The van der Waals surface area contributed by atoms with Crippen molar-refractivity contribution in [3.05, 3.63) is 81.8 Å². The van der Waals surface area contributed by atoms with Crippen molar-refractivity contribution in [2.24, 2.45) is 0 Å². The zero-order valence-corrected chi connectivity index (χ0v) is 19.4. The molecule has 4 aromatic rings. The fraction of sp³-hybridized carbons (Fsp3) is 0.174. The van der Waals surface area contributed by atoms with Crippen molar-refractivity contribution in [2.45, 2.75) is 18.2 Å². The first-order valence-electron chi connectivity index (χ1n) is 9.66. The quantitative estimate of drug-likeness (QED) is 0.205. The van der Waals surface area contributed by atoms with Crippen molar-refractivity contribution in [3.8, 4) is 10.4 Å². The lowest BCUT2D eigenvalue weighted by atomic mass is 10.2.